The first-order valence-corrected chi connectivity index (χ1v) is 12.4. The number of piperidine rings is 1. The molecule has 1 N–H and O–H groups in total. The largest absolute Gasteiger partial charge is 0.396 e. The fourth-order valence-corrected chi connectivity index (χ4v) is 6.59. The van der Waals surface area contributed by atoms with Crippen LogP contribution in [0.4, 0.5) is 5.95 Å². The Kier molecular flexibility index (Phi) is 5.21. The van der Waals surface area contributed by atoms with Crippen molar-refractivity contribution in [1.82, 2.24) is 9.55 Å². The number of imidazole rings is 1. The normalized spacial score (nSPS) is 23.8. The van der Waals surface area contributed by atoms with Crippen LogP contribution in [0, 0.1) is 5.41 Å². The van der Waals surface area contributed by atoms with Crippen LogP contribution in [0.15, 0.2) is 29.3 Å². The quantitative estimate of drug-likeness (QED) is 0.780. The van der Waals surface area contributed by atoms with Crippen molar-refractivity contribution in [2.75, 3.05) is 30.3 Å². The number of hydrogen-bond acceptors (Lipinski definition) is 4. The molecule has 7 heteroatoms. The van der Waals surface area contributed by atoms with Gasteiger partial charge in [0, 0.05) is 42.2 Å². The van der Waals surface area contributed by atoms with Crippen molar-refractivity contribution in [3.05, 3.63) is 40.5 Å². The number of hydrogen-bond donors (Lipinski definition) is 1. The van der Waals surface area contributed by atoms with Gasteiger partial charge in [0.25, 0.3) is 0 Å². The van der Waals surface area contributed by atoms with Crippen molar-refractivity contribution < 1.29 is 9.32 Å². The summed E-state index contributed by atoms with van der Waals surface area (Å²) in [5.74, 6) is 2.20. The highest BCUT2D eigenvalue weighted by Crippen LogP contribution is 2.44. The molecule has 1 atom stereocenters. The van der Waals surface area contributed by atoms with Crippen LogP contribution >= 0.6 is 11.6 Å². The second-order valence-electron chi connectivity index (χ2n) is 8.87. The highest BCUT2D eigenvalue weighted by atomic mass is 35.5. The second-order valence-corrected chi connectivity index (χ2v) is 10.8. The molecule has 1 aliphatic carbocycles. The highest BCUT2D eigenvalue weighted by molar-refractivity contribution is 7.85. The number of aryl methyl sites for hydroxylation is 1. The van der Waals surface area contributed by atoms with Crippen LogP contribution in [0.25, 0.3) is 0 Å². The Morgan fingerprint density at radius 3 is 2.55 bits per heavy atom. The van der Waals surface area contributed by atoms with E-state index in [1.165, 1.54) is 12.0 Å². The summed E-state index contributed by atoms with van der Waals surface area (Å²) in [5.41, 5.74) is 2.30. The third-order valence-corrected chi connectivity index (χ3v) is 8.78. The Balaban J connectivity index is 1.38. The van der Waals surface area contributed by atoms with E-state index in [0.717, 1.165) is 73.4 Å². The summed E-state index contributed by atoms with van der Waals surface area (Å²) in [6.45, 7) is 2.83. The second kappa shape index (κ2) is 7.71. The van der Waals surface area contributed by atoms with Gasteiger partial charge in [-0.3, -0.25) is 4.21 Å². The molecule has 0 radical (unpaired) electrons. The number of halogens is 1. The van der Waals surface area contributed by atoms with E-state index in [9.17, 15) is 9.32 Å². The van der Waals surface area contributed by atoms with E-state index in [1.54, 1.807) is 0 Å². The van der Waals surface area contributed by atoms with Crippen molar-refractivity contribution in [3.8, 4) is 0 Å². The molecule has 0 bridgehead atoms. The summed E-state index contributed by atoms with van der Waals surface area (Å²) < 4.78 is 14.9. The van der Waals surface area contributed by atoms with Crippen molar-refractivity contribution in [3.63, 3.8) is 0 Å². The molecule has 156 valence electrons. The molecular weight excluding hydrogens is 406 g/mol. The molecule has 1 saturated heterocycles. The summed E-state index contributed by atoms with van der Waals surface area (Å²) >= 11 is 6.04. The van der Waals surface area contributed by atoms with E-state index >= 15 is 0 Å². The zero-order valence-electron chi connectivity index (χ0n) is 16.6. The Hall–Kier alpha value is -1.37. The molecule has 0 amide bonds. The minimum Gasteiger partial charge on any atom is -0.396 e. The number of nitrogens with zero attached hydrogens (tertiary/aromatic N) is 3. The lowest BCUT2D eigenvalue weighted by Gasteiger charge is -2.42. The molecule has 2 fully saturated rings. The first-order chi connectivity index (χ1) is 14.1. The van der Waals surface area contributed by atoms with Crippen LogP contribution in [0.1, 0.15) is 49.3 Å². The predicted octanol–water partition coefficient (Wildman–Crippen LogP) is 3.75. The number of rotatable bonds is 5. The molecule has 1 aromatic carbocycles. The van der Waals surface area contributed by atoms with Gasteiger partial charge < -0.3 is 14.6 Å². The Morgan fingerprint density at radius 1 is 1.21 bits per heavy atom. The van der Waals surface area contributed by atoms with Crippen LogP contribution in [-0.2, 0) is 23.8 Å². The Labute approximate surface area is 179 Å². The molecule has 3 aliphatic rings. The van der Waals surface area contributed by atoms with Gasteiger partial charge in [0.1, 0.15) is 5.03 Å². The first kappa shape index (κ1) is 19.6. The van der Waals surface area contributed by atoms with E-state index in [2.05, 4.69) is 21.6 Å². The van der Waals surface area contributed by atoms with E-state index in [1.807, 2.05) is 12.1 Å². The maximum Gasteiger partial charge on any atom is 0.206 e. The maximum absolute atomic E-state index is 12.7. The predicted molar refractivity (Wildman–Crippen MR) is 116 cm³/mol. The molecule has 1 unspecified atom stereocenters. The van der Waals surface area contributed by atoms with Crippen LogP contribution in [0.2, 0.25) is 5.02 Å². The van der Waals surface area contributed by atoms with E-state index < -0.39 is 10.8 Å². The van der Waals surface area contributed by atoms with Crippen LogP contribution in [-0.4, -0.2) is 44.3 Å². The van der Waals surface area contributed by atoms with Gasteiger partial charge in [0.2, 0.25) is 5.95 Å². The van der Waals surface area contributed by atoms with Crippen LogP contribution in [0.3, 0.4) is 0 Å². The van der Waals surface area contributed by atoms with E-state index in [4.69, 9.17) is 16.6 Å². The molecule has 3 heterocycles. The van der Waals surface area contributed by atoms with Gasteiger partial charge in [-0.05, 0) is 49.3 Å². The number of benzene rings is 1. The molecule has 1 saturated carbocycles. The lowest BCUT2D eigenvalue weighted by molar-refractivity contribution is 0.0258. The molecule has 5 rings (SSSR count). The molecule has 0 spiro atoms. The zero-order valence-corrected chi connectivity index (χ0v) is 18.2. The lowest BCUT2D eigenvalue weighted by Crippen LogP contribution is -2.40. The fourth-order valence-electron chi connectivity index (χ4n) is 5.09. The smallest absolute Gasteiger partial charge is 0.206 e. The molecule has 2 aliphatic heterocycles. The number of aliphatic hydroxyl groups is 1. The van der Waals surface area contributed by atoms with Gasteiger partial charge in [-0.1, -0.05) is 30.2 Å². The van der Waals surface area contributed by atoms with Gasteiger partial charge in [0.05, 0.1) is 23.1 Å². The van der Waals surface area contributed by atoms with Gasteiger partial charge in [-0.15, -0.1) is 0 Å². The number of aromatic nitrogens is 2. The molecular formula is C22H28ClN3O2S. The minimum atomic E-state index is -0.967. The monoisotopic (exact) mass is 433 g/mol. The summed E-state index contributed by atoms with van der Waals surface area (Å²) in [6.07, 6.45) is 6.21. The Bertz CT molecular complexity index is 909. The van der Waals surface area contributed by atoms with Crippen molar-refractivity contribution in [2.24, 2.45) is 5.41 Å². The summed E-state index contributed by atoms with van der Waals surface area (Å²) in [5, 5.41) is 11.7. The van der Waals surface area contributed by atoms with Crippen molar-refractivity contribution in [1.29, 1.82) is 0 Å². The van der Waals surface area contributed by atoms with Gasteiger partial charge >= 0.3 is 0 Å². The van der Waals surface area contributed by atoms with Crippen LogP contribution in [0.5, 0.6) is 0 Å². The Morgan fingerprint density at radius 2 is 1.93 bits per heavy atom. The molecule has 2 aromatic rings. The van der Waals surface area contributed by atoms with Gasteiger partial charge in [0.15, 0.2) is 0 Å². The summed E-state index contributed by atoms with van der Waals surface area (Å²) in [4.78, 5) is 7.31. The average Bonchev–Trinajstić information content (AvgIpc) is 3.25. The summed E-state index contributed by atoms with van der Waals surface area (Å²) in [7, 11) is -0.967. The zero-order chi connectivity index (χ0) is 20.0. The fraction of sp³-hybridized carbons (Fsp3) is 0.591. The number of aliphatic hydroxyl groups excluding tert-OH is 1. The van der Waals surface area contributed by atoms with E-state index in [0.29, 0.717) is 11.7 Å². The lowest BCUT2D eigenvalue weighted by atomic mass is 9.69. The van der Waals surface area contributed by atoms with Crippen LogP contribution < -0.4 is 4.90 Å². The first-order valence-electron chi connectivity index (χ1n) is 10.7. The molecule has 1 aromatic heterocycles. The maximum atomic E-state index is 12.7. The number of fused-ring (bicyclic) bond motifs is 1. The molecule has 5 nitrogen and oxygen atoms in total. The highest BCUT2D eigenvalue weighted by Gasteiger charge is 2.40. The third kappa shape index (κ3) is 3.53. The topological polar surface area (TPSA) is 58.4 Å². The van der Waals surface area contributed by atoms with E-state index in [-0.39, 0.29) is 12.0 Å². The standard InChI is InChI=1S/C22H28ClN3O2S/c23-18-4-2-16(3-5-18)17-6-11-25(12-7-17)21-24-19-8-13-29(28)20(19)26(21)14-22(15-27)9-1-10-22/h2-5,17,27H,1,6-15H2. The van der Waals surface area contributed by atoms with Gasteiger partial charge in [-0.2, -0.15) is 0 Å². The average molecular weight is 434 g/mol. The van der Waals surface area contributed by atoms with Crippen molar-refractivity contribution >= 4 is 28.3 Å². The van der Waals surface area contributed by atoms with Crippen molar-refractivity contribution in [2.45, 2.75) is 56.0 Å². The molecule has 29 heavy (non-hydrogen) atoms. The minimum absolute atomic E-state index is 0.0579. The van der Waals surface area contributed by atoms with Gasteiger partial charge in [-0.25, -0.2) is 4.98 Å². The summed E-state index contributed by atoms with van der Waals surface area (Å²) in [6, 6.07) is 8.23. The number of anilines is 1. The SMILES string of the molecule is O=S1CCc2nc(N3CCC(c4ccc(Cl)cc4)CC3)n(CC3(CO)CCC3)c21. The third-order valence-electron chi connectivity index (χ3n) is 7.07.